The zero-order chi connectivity index (χ0) is 9.07. The summed E-state index contributed by atoms with van der Waals surface area (Å²) >= 11 is 3.70. The van der Waals surface area contributed by atoms with Crippen LogP contribution in [0.2, 0.25) is 0 Å². The molecule has 11 heavy (non-hydrogen) atoms. The standard InChI is InChI=1S/C6H9NO3S/c1-3-4(8)7-6(2,11)5(9)10/h3,11H,1H2,2H3,(H,7,8)(H,9,10). The second kappa shape index (κ2) is 3.43. The van der Waals surface area contributed by atoms with Crippen molar-refractivity contribution >= 4 is 24.5 Å². The molecule has 4 nitrogen and oxygen atoms in total. The first-order chi connectivity index (χ1) is 4.90. The first kappa shape index (κ1) is 10.0. The molecule has 1 amide bonds. The molecule has 0 fully saturated rings. The van der Waals surface area contributed by atoms with E-state index in [2.05, 4.69) is 24.5 Å². The summed E-state index contributed by atoms with van der Waals surface area (Å²) in [6.07, 6.45) is 0.984. The van der Waals surface area contributed by atoms with E-state index >= 15 is 0 Å². The number of hydrogen-bond donors (Lipinski definition) is 3. The van der Waals surface area contributed by atoms with E-state index in [-0.39, 0.29) is 0 Å². The molecule has 0 aromatic heterocycles. The van der Waals surface area contributed by atoms with Gasteiger partial charge in [-0.3, -0.25) is 4.79 Å². The fourth-order valence-corrected chi connectivity index (χ4v) is 0.455. The summed E-state index contributed by atoms with van der Waals surface area (Å²) in [5.41, 5.74) is 0. The molecule has 0 saturated heterocycles. The Morgan fingerprint density at radius 1 is 1.73 bits per heavy atom. The first-order valence-electron chi connectivity index (χ1n) is 2.80. The second-order valence-corrected chi connectivity index (χ2v) is 2.97. The van der Waals surface area contributed by atoms with Gasteiger partial charge < -0.3 is 10.4 Å². The number of carbonyl (C=O) groups excluding carboxylic acids is 1. The number of nitrogens with one attached hydrogen (secondary N) is 1. The quantitative estimate of drug-likeness (QED) is 0.322. The molecule has 0 heterocycles. The van der Waals surface area contributed by atoms with E-state index < -0.39 is 16.7 Å². The van der Waals surface area contributed by atoms with Crippen LogP contribution in [0.1, 0.15) is 6.92 Å². The number of rotatable bonds is 3. The van der Waals surface area contributed by atoms with Crippen LogP contribution in [-0.2, 0) is 9.59 Å². The molecule has 62 valence electrons. The molecular weight excluding hydrogens is 166 g/mol. The topological polar surface area (TPSA) is 66.4 Å². The Hall–Kier alpha value is -0.970. The van der Waals surface area contributed by atoms with Gasteiger partial charge in [0.15, 0.2) is 4.87 Å². The predicted octanol–water partition coefficient (Wildman–Crippen LogP) is 0.0192. The molecular formula is C6H9NO3S. The maximum Gasteiger partial charge on any atom is 0.339 e. The van der Waals surface area contributed by atoms with Crippen LogP contribution in [0.3, 0.4) is 0 Å². The minimum atomic E-state index is -1.54. The smallest absolute Gasteiger partial charge is 0.339 e. The lowest BCUT2D eigenvalue weighted by Gasteiger charge is -2.18. The molecule has 0 bridgehead atoms. The van der Waals surface area contributed by atoms with Crippen molar-refractivity contribution in [2.45, 2.75) is 11.8 Å². The maximum absolute atomic E-state index is 10.6. The molecule has 0 aliphatic heterocycles. The molecule has 0 spiro atoms. The van der Waals surface area contributed by atoms with Gasteiger partial charge in [0, 0.05) is 0 Å². The molecule has 0 saturated carbocycles. The summed E-state index contributed by atoms with van der Waals surface area (Å²) in [5.74, 6) is -1.78. The molecule has 1 unspecified atom stereocenters. The van der Waals surface area contributed by atoms with Crippen molar-refractivity contribution in [3.05, 3.63) is 12.7 Å². The van der Waals surface area contributed by atoms with E-state index in [0.29, 0.717) is 0 Å². The molecule has 0 aliphatic carbocycles. The Balaban J connectivity index is 4.23. The fraction of sp³-hybridized carbons (Fsp3) is 0.333. The van der Waals surface area contributed by atoms with Gasteiger partial charge in [0.2, 0.25) is 5.91 Å². The van der Waals surface area contributed by atoms with Crippen molar-refractivity contribution in [1.82, 2.24) is 5.32 Å². The van der Waals surface area contributed by atoms with Gasteiger partial charge in [-0.25, -0.2) is 4.79 Å². The highest BCUT2D eigenvalue weighted by Gasteiger charge is 2.29. The highest BCUT2D eigenvalue weighted by Crippen LogP contribution is 2.08. The summed E-state index contributed by atoms with van der Waals surface area (Å²) in [5, 5.41) is 10.6. The van der Waals surface area contributed by atoms with Crippen LogP contribution in [0.15, 0.2) is 12.7 Å². The lowest BCUT2D eigenvalue weighted by molar-refractivity contribution is -0.142. The number of carboxylic acids is 1. The zero-order valence-electron chi connectivity index (χ0n) is 6.00. The van der Waals surface area contributed by atoms with Crippen molar-refractivity contribution in [2.75, 3.05) is 0 Å². The van der Waals surface area contributed by atoms with Crippen molar-refractivity contribution in [2.24, 2.45) is 0 Å². The van der Waals surface area contributed by atoms with Gasteiger partial charge in [-0.05, 0) is 13.0 Å². The zero-order valence-corrected chi connectivity index (χ0v) is 6.89. The van der Waals surface area contributed by atoms with Crippen molar-refractivity contribution in [3.8, 4) is 0 Å². The normalized spacial score (nSPS) is 14.7. The van der Waals surface area contributed by atoms with Crippen LogP contribution in [-0.4, -0.2) is 21.9 Å². The van der Waals surface area contributed by atoms with Crippen molar-refractivity contribution < 1.29 is 14.7 Å². The largest absolute Gasteiger partial charge is 0.479 e. The van der Waals surface area contributed by atoms with Crippen LogP contribution in [0.25, 0.3) is 0 Å². The minimum absolute atomic E-state index is 0.565. The van der Waals surface area contributed by atoms with E-state index in [0.717, 1.165) is 6.08 Å². The van der Waals surface area contributed by atoms with Gasteiger partial charge in [-0.1, -0.05) is 6.58 Å². The number of hydrogen-bond acceptors (Lipinski definition) is 3. The molecule has 0 radical (unpaired) electrons. The lowest BCUT2D eigenvalue weighted by atomic mass is 10.3. The SMILES string of the molecule is C=CC(=O)NC(C)(S)C(=O)O. The highest BCUT2D eigenvalue weighted by atomic mass is 32.1. The monoisotopic (exact) mass is 175 g/mol. The van der Waals surface area contributed by atoms with Crippen LogP contribution >= 0.6 is 12.6 Å². The third-order valence-electron chi connectivity index (χ3n) is 0.968. The highest BCUT2D eigenvalue weighted by molar-refractivity contribution is 7.82. The minimum Gasteiger partial charge on any atom is -0.479 e. The van der Waals surface area contributed by atoms with Crippen molar-refractivity contribution in [3.63, 3.8) is 0 Å². The summed E-state index contributed by atoms with van der Waals surface area (Å²) < 4.78 is 0. The molecule has 1 atom stereocenters. The molecule has 5 heteroatoms. The number of thiol groups is 1. The third kappa shape index (κ3) is 3.08. The molecule has 0 aromatic carbocycles. The Morgan fingerprint density at radius 2 is 2.18 bits per heavy atom. The average molecular weight is 175 g/mol. The second-order valence-electron chi connectivity index (χ2n) is 2.07. The Labute approximate surface area is 69.7 Å². The van der Waals surface area contributed by atoms with Gasteiger partial charge in [0.1, 0.15) is 0 Å². The van der Waals surface area contributed by atoms with Gasteiger partial charge in [0.25, 0.3) is 0 Å². The lowest BCUT2D eigenvalue weighted by Crippen LogP contribution is -2.47. The summed E-state index contributed by atoms with van der Waals surface area (Å²) in [6.45, 7) is 4.43. The molecule has 2 N–H and O–H groups in total. The van der Waals surface area contributed by atoms with Crippen LogP contribution in [0, 0.1) is 0 Å². The van der Waals surface area contributed by atoms with E-state index in [4.69, 9.17) is 5.11 Å². The van der Waals surface area contributed by atoms with E-state index in [1.54, 1.807) is 0 Å². The van der Waals surface area contributed by atoms with E-state index in [1.165, 1.54) is 6.92 Å². The van der Waals surface area contributed by atoms with Gasteiger partial charge in [-0.15, -0.1) is 12.6 Å². The number of carboxylic acid groups (broad SMARTS) is 1. The van der Waals surface area contributed by atoms with Gasteiger partial charge >= 0.3 is 5.97 Å². The summed E-state index contributed by atoms with van der Waals surface area (Å²) in [6, 6.07) is 0. The molecule has 0 aliphatic rings. The summed E-state index contributed by atoms with van der Waals surface area (Å²) in [4.78, 5) is 19.4. The van der Waals surface area contributed by atoms with Gasteiger partial charge in [0.05, 0.1) is 0 Å². The third-order valence-corrected chi connectivity index (χ3v) is 1.27. The van der Waals surface area contributed by atoms with E-state index in [1.807, 2.05) is 0 Å². The Morgan fingerprint density at radius 3 is 2.45 bits per heavy atom. The van der Waals surface area contributed by atoms with Crippen LogP contribution in [0.5, 0.6) is 0 Å². The fourth-order valence-electron chi connectivity index (χ4n) is 0.344. The number of aliphatic carboxylic acids is 1. The van der Waals surface area contributed by atoms with Crippen LogP contribution in [0.4, 0.5) is 0 Å². The van der Waals surface area contributed by atoms with Gasteiger partial charge in [-0.2, -0.15) is 0 Å². The summed E-state index contributed by atoms with van der Waals surface area (Å²) in [7, 11) is 0. The van der Waals surface area contributed by atoms with Crippen LogP contribution < -0.4 is 5.32 Å². The van der Waals surface area contributed by atoms with E-state index in [9.17, 15) is 9.59 Å². The predicted molar refractivity (Wildman–Crippen MR) is 43.4 cm³/mol. The maximum atomic E-state index is 10.6. The Kier molecular flexibility index (Phi) is 3.13. The first-order valence-corrected chi connectivity index (χ1v) is 3.25. The molecule has 0 aromatic rings. The number of carbonyl (C=O) groups is 2. The number of amides is 1. The van der Waals surface area contributed by atoms with Crippen molar-refractivity contribution in [1.29, 1.82) is 0 Å². The molecule has 0 rings (SSSR count). The average Bonchev–Trinajstić information content (AvgIpc) is 1.86. The Bertz CT molecular complexity index is 200.